The minimum atomic E-state index is 0.0745. The Morgan fingerprint density at radius 1 is 1.50 bits per heavy atom. The van der Waals surface area contributed by atoms with Gasteiger partial charge in [0.15, 0.2) is 5.78 Å². The van der Waals surface area contributed by atoms with Crippen LogP contribution in [0.25, 0.3) is 0 Å². The molecule has 0 aliphatic rings. The first-order valence-electron chi connectivity index (χ1n) is 4.73. The Labute approximate surface area is 83.8 Å². The first-order valence-corrected chi connectivity index (χ1v) is 4.73. The molecule has 3 heteroatoms. The molecule has 14 heavy (non-hydrogen) atoms. The van der Waals surface area contributed by atoms with Crippen LogP contribution < -0.4 is 5.32 Å². The summed E-state index contributed by atoms with van der Waals surface area (Å²) in [6, 6.07) is 4.94. The molecule has 0 unspecified atom stereocenters. The van der Waals surface area contributed by atoms with Gasteiger partial charge < -0.3 is 10.4 Å². The highest BCUT2D eigenvalue weighted by molar-refractivity contribution is 5.96. The van der Waals surface area contributed by atoms with E-state index in [9.17, 15) is 9.90 Å². The van der Waals surface area contributed by atoms with Gasteiger partial charge in [0.05, 0.1) is 5.69 Å². The lowest BCUT2D eigenvalue weighted by molar-refractivity contribution is 0.0981. The zero-order chi connectivity index (χ0) is 10.6. The fourth-order valence-corrected chi connectivity index (χ4v) is 1.29. The average molecular weight is 193 g/mol. The quantitative estimate of drug-likeness (QED) is 0.570. The van der Waals surface area contributed by atoms with Crippen molar-refractivity contribution in [2.75, 3.05) is 12.4 Å². The molecule has 3 nitrogen and oxygen atoms in total. The average Bonchev–Trinajstić information content (AvgIpc) is 2.18. The van der Waals surface area contributed by atoms with E-state index in [0.717, 1.165) is 6.42 Å². The highest BCUT2D eigenvalue weighted by Crippen LogP contribution is 2.24. The topological polar surface area (TPSA) is 49.3 Å². The summed E-state index contributed by atoms with van der Waals surface area (Å²) in [5.41, 5.74) is 1.21. The Morgan fingerprint density at radius 3 is 2.71 bits per heavy atom. The number of rotatable bonds is 4. The molecule has 0 saturated carbocycles. The minimum Gasteiger partial charge on any atom is -0.506 e. The van der Waals surface area contributed by atoms with Gasteiger partial charge in [0.1, 0.15) is 5.75 Å². The Morgan fingerprint density at radius 2 is 2.21 bits per heavy atom. The van der Waals surface area contributed by atoms with Crippen molar-refractivity contribution in [1.82, 2.24) is 0 Å². The first-order chi connectivity index (χ1) is 6.69. The van der Waals surface area contributed by atoms with E-state index in [4.69, 9.17) is 0 Å². The number of carbonyl (C=O) groups is 1. The van der Waals surface area contributed by atoms with Crippen LogP contribution in [0.3, 0.4) is 0 Å². The van der Waals surface area contributed by atoms with Crippen molar-refractivity contribution in [1.29, 1.82) is 0 Å². The van der Waals surface area contributed by atoms with Crippen molar-refractivity contribution >= 4 is 11.5 Å². The Bertz CT molecular complexity index is 334. The number of benzene rings is 1. The second-order valence-corrected chi connectivity index (χ2v) is 3.16. The van der Waals surface area contributed by atoms with Crippen molar-refractivity contribution in [2.45, 2.75) is 19.8 Å². The summed E-state index contributed by atoms with van der Waals surface area (Å²) in [7, 11) is 1.72. The van der Waals surface area contributed by atoms with E-state index in [1.165, 1.54) is 6.07 Å². The summed E-state index contributed by atoms with van der Waals surface area (Å²) < 4.78 is 0. The van der Waals surface area contributed by atoms with Crippen molar-refractivity contribution in [3.05, 3.63) is 23.8 Å². The second kappa shape index (κ2) is 4.65. The van der Waals surface area contributed by atoms with Gasteiger partial charge in [0.2, 0.25) is 0 Å². The molecule has 2 N–H and O–H groups in total. The molecule has 0 bridgehead atoms. The fourth-order valence-electron chi connectivity index (χ4n) is 1.29. The molecule has 1 aromatic carbocycles. The molecule has 0 aliphatic carbocycles. The monoisotopic (exact) mass is 193 g/mol. The van der Waals surface area contributed by atoms with Gasteiger partial charge in [0, 0.05) is 19.0 Å². The Kier molecular flexibility index (Phi) is 3.51. The van der Waals surface area contributed by atoms with E-state index < -0.39 is 0 Å². The lowest BCUT2D eigenvalue weighted by Crippen LogP contribution is -1.98. The van der Waals surface area contributed by atoms with Crippen molar-refractivity contribution in [3.8, 4) is 5.75 Å². The molecular weight excluding hydrogens is 178 g/mol. The number of phenols is 1. The number of anilines is 1. The molecule has 0 saturated heterocycles. The molecule has 76 valence electrons. The third-order valence-corrected chi connectivity index (χ3v) is 2.07. The zero-order valence-corrected chi connectivity index (χ0v) is 8.50. The standard InChI is InChI=1S/C11H15NO2/c1-3-4-10(13)8-5-6-9(12-2)11(14)7-8/h5-7,12,14H,3-4H2,1-2H3. The van der Waals surface area contributed by atoms with Crippen LogP contribution in [0.15, 0.2) is 18.2 Å². The van der Waals surface area contributed by atoms with Crippen molar-refractivity contribution in [2.24, 2.45) is 0 Å². The third-order valence-electron chi connectivity index (χ3n) is 2.07. The molecule has 0 fully saturated rings. The van der Waals surface area contributed by atoms with Gasteiger partial charge >= 0.3 is 0 Å². The van der Waals surface area contributed by atoms with E-state index in [1.54, 1.807) is 19.2 Å². The van der Waals surface area contributed by atoms with Gasteiger partial charge in [-0.15, -0.1) is 0 Å². The maximum Gasteiger partial charge on any atom is 0.163 e. The van der Waals surface area contributed by atoms with Crippen molar-refractivity contribution in [3.63, 3.8) is 0 Å². The number of aromatic hydroxyl groups is 1. The van der Waals surface area contributed by atoms with Crippen LogP contribution in [0.1, 0.15) is 30.1 Å². The SMILES string of the molecule is CCCC(=O)c1ccc(NC)c(O)c1. The molecule has 0 amide bonds. The lowest BCUT2D eigenvalue weighted by Gasteiger charge is -2.05. The highest BCUT2D eigenvalue weighted by Gasteiger charge is 2.07. The molecule has 0 spiro atoms. The predicted molar refractivity (Wildman–Crippen MR) is 56.9 cm³/mol. The minimum absolute atomic E-state index is 0.0745. The van der Waals surface area contributed by atoms with Crippen LogP contribution in [0, 0.1) is 0 Å². The highest BCUT2D eigenvalue weighted by atomic mass is 16.3. The van der Waals surface area contributed by atoms with E-state index in [-0.39, 0.29) is 11.5 Å². The first kappa shape index (κ1) is 10.6. The van der Waals surface area contributed by atoms with Crippen LogP contribution in [-0.4, -0.2) is 17.9 Å². The summed E-state index contributed by atoms with van der Waals surface area (Å²) in [4.78, 5) is 11.5. The van der Waals surface area contributed by atoms with E-state index >= 15 is 0 Å². The number of nitrogens with one attached hydrogen (secondary N) is 1. The molecule has 0 aliphatic heterocycles. The number of hydrogen-bond acceptors (Lipinski definition) is 3. The molecule has 1 aromatic rings. The maximum absolute atomic E-state index is 11.5. The van der Waals surface area contributed by atoms with Crippen LogP contribution >= 0.6 is 0 Å². The maximum atomic E-state index is 11.5. The number of phenolic OH excluding ortho intramolecular Hbond substituents is 1. The van der Waals surface area contributed by atoms with Crippen LogP contribution in [0.4, 0.5) is 5.69 Å². The molecule has 1 rings (SSSR count). The normalized spacial score (nSPS) is 9.86. The third kappa shape index (κ3) is 2.25. The van der Waals surface area contributed by atoms with E-state index in [1.807, 2.05) is 6.92 Å². The largest absolute Gasteiger partial charge is 0.506 e. The summed E-state index contributed by atoms with van der Waals surface area (Å²) in [5.74, 6) is 0.194. The molecule has 0 atom stereocenters. The van der Waals surface area contributed by atoms with Gasteiger partial charge in [-0.25, -0.2) is 0 Å². The number of Topliss-reactive ketones (excluding diaryl/α,β-unsaturated/α-hetero) is 1. The summed E-state index contributed by atoms with van der Waals surface area (Å²) in [5, 5.41) is 12.3. The predicted octanol–water partition coefficient (Wildman–Crippen LogP) is 2.42. The van der Waals surface area contributed by atoms with Gasteiger partial charge in [-0.05, 0) is 24.6 Å². The van der Waals surface area contributed by atoms with E-state index in [0.29, 0.717) is 17.7 Å². The molecule has 0 aromatic heterocycles. The Balaban J connectivity index is 2.91. The second-order valence-electron chi connectivity index (χ2n) is 3.16. The fraction of sp³-hybridized carbons (Fsp3) is 0.364. The van der Waals surface area contributed by atoms with E-state index in [2.05, 4.69) is 5.32 Å². The molecule has 0 heterocycles. The summed E-state index contributed by atoms with van der Waals surface area (Å²) >= 11 is 0. The number of hydrogen-bond donors (Lipinski definition) is 2. The number of carbonyl (C=O) groups excluding carboxylic acids is 1. The van der Waals surface area contributed by atoms with Gasteiger partial charge in [0.25, 0.3) is 0 Å². The van der Waals surface area contributed by atoms with Crippen LogP contribution in [0.5, 0.6) is 5.75 Å². The van der Waals surface area contributed by atoms with Gasteiger partial charge in [-0.1, -0.05) is 6.92 Å². The summed E-state index contributed by atoms with van der Waals surface area (Å²) in [6.07, 6.45) is 1.35. The Hall–Kier alpha value is -1.51. The molecule has 0 radical (unpaired) electrons. The van der Waals surface area contributed by atoms with Gasteiger partial charge in [-0.3, -0.25) is 4.79 Å². The zero-order valence-electron chi connectivity index (χ0n) is 8.50. The summed E-state index contributed by atoms with van der Waals surface area (Å²) in [6.45, 7) is 1.96. The van der Waals surface area contributed by atoms with Crippen LogP contribution in [0.2, 0.25) is 0 Å². The van der Waals surface area contributed by atoms with Crippen LogP contribution in [-0.2, 0) is 0 Å². The smallest absolute Gasteiger partial charge is 0.163 e. The van der Waals surface area contributed by atoms with Gasteiger partial charge in [-0.2, -0.15) is 0 Å². The number of ketones is 1. The lowest BCUT2D eigenvalue weighted by atomic mass is 10.1. The van der Waals surface area contributed by atoms with Crippen molar-refractivity contribution < 1.29 is 9.90 Å². The molecular formula is C11H15NO2.